The highest BCUT2D eigenvalue weighted by atomic mass is 16.6. The molecule has 0 radical (unpaired) electrons. The van der Waals surface area contributed by atoms with Crippen LogP contribution in [0.25, 0.3) is 11.0 Å². The number of carboxylic acid groups (broad SMARTS) is 1. The van der Waals surface area contributed by atoms with E-state index in [0.29, 0.717) is 29.2 Å². The number of rotatable bonds is 7. The lowest BCUT2D eigenvalue weighted by molar-refractivity contribution is -0.130. The molecule has 2 aliphatic heterocycles. The van der Waals surface area contributed by atoms with E-state index in [2.05, 4.69) is 15.0 Å². The first-order valence-electron chi connectivity index (χ1n) is 14.4. The summed E-state index contributed by atoms with van der Waals surface area (Å²) in [4.78, 5) is 49.2. The molecule has 5 atom stereocenters. The third-order valence-electron chi connectivity index (χ3n) is 9.48. The Bertz CT molecular complexity index is 1330. The van der Waals surface area contributed by atoms with Gasteiger partial charge in [0.2, 0.25) is 5.71 Å². The zero-order valence-electron chi connectivity index (χ0n) is 22.2. The van der Waals surface area contributed by atoms with Crippen LogP contribution in [0.4, 0.5) is 0 Å². The van der Waals surface area contributed by atoms with E-state index >= 15 is 0 Å². The van der Waals surface area contributed by atoms with Crippen LogP contribution in [0.1, 0.15) is 82.4 Å². The largest absolute Gasteiger partial charge is 0.476 e. The molecule has 1 aromatic carbocycles. The Morgan fingerprint density at radius 1 is 0.949 bits per heavy atom. The van der Waals surface area contributed by atoms with Crippen molar-refractivity contribution in [2.45, 2.75) is 94.8 Å². The lowest BCUT2D eigenvalue weighted by atomic mass is 9.68. The van der Waals surface area contributed by atoms with Gasteiger partial charge in [-0.15, -0.1) is 0 Å². The van der Waals surface area contributed by atoms with Crippen LogP contribution in [0.3, 0.4) is 0 Å². The normalized spacial score (nSPS) is 31.1. The second-order valence-corrected chi connectivity index (χ2v) is 11.9. The summed E-state index contributed by atoms with van der Waals surface area (Å²) in [5, 5.41) is 13.4. The van der Waals surface area contributed by atoms with Crippen LogP contribution >= 0.6 is 0 Å². The maximum atomic E-state index is 14.0. The number of hydrogen-bond donors (Lipinski definition) is 2. The van der Waals surface area contributed by atoms with E-state index in [-0.39, 0.29) is 11.7 Å². The molecule has 3 N–H and O–H groups in total. The standard InChI is InChI=1S/C29H37N5O5/c30-25(35)16-39-32-27(29(37)38)26-28(36)34(24-10-2-1-9-23(24)31-26)22-14-19-7-4-8-20(15-22)33(19)21-12-17-5-3-6-18(11-17)13-21/h1-2,9-10,17-22H,3-8,11-16H2,(H2,30,35)(H,37,38)/b32-27-/t17?,18?,19-,20?,21?,22?/m1/s1. The number of piperidine rings is 2. The first-order chi connectivity index (χ1) is 18.9. The molecule has 4 bridgehead atoms. The van der Waals surface area contributed by atoms with E-state index in [4.69, 9.17) is 10.6 Å². The molecule has 4 aliphatic rings. The SMILES string of the molecule is NC(=O)CO/N=C(\C(=O)O)c1nc2ccccc2n(C2CC3CCC[C@H](C2)N3C2CC3CCCC(C3)C2)c1=O. The van der Waals surface area contributed by atoms with Crippen LogP contribution in [0.5, 0.6) is 0 Å². The van der Waals surface area contributed by atoms with E-state index in [1.54, 1.807) is 10.6 Å². The van der Waals surface area contributed by atoms with Crippen molar-refractivity contribution < 1.29 is 19.5 Å². The predicted octanol–water partition coefficient (Wildman–Crippen LogP) is 3.21. The predicted molar refractivity (Wildman–Crippen MR) is 145 cm³/mol. The van der Waals surface area contributed by atoms with Crippen molar-refractivity contribution >= 4 is 28.6 Å². The van der Waals surface area contributed by atoms with Crippen LogP contribution in [0.15, 0.2) is 34.2 Å². The van der Waals surface area contributed by atoms with Crippen LogP contribution in [0.2, 0.25) is 0 Å². The summed E-state index contributed by atoms with van der Waals surface area (Å²) in [5.41, 5.74) is 4.87. The zero-order chi connectivity index (χ0) is 27.1. The molecule has 2 aromatic rings. The Balaban J connectivity index is 1.35. The van der Waals surface area contributed by atoms with Crippen molar-refractivity contribution in [3.63, 3.8) is 0 Å². The summed E-state index contributed by atoms with van der Waals surface area (Å²) >= 11 is 0. The van der Waals surface area contributed by atoms with Crippen LogP contribution in [-0.2, 0) is 14.4 Å². The Labute approximate surface area is 227 Å². The van der Waals surface area contributed by atoms with E-state index < -0.39 is 29.8 Å². The first-order valence-corrected chi connectivity index (χ1v) is 14.4. The van der Waals surface area contributed by atoms with Crippen molar-refractivity contribution in [3.8, 4) is 0 Å². The minimum absolute atomic E-state index is 0.0691. The molecular formula is C29H37N5O5. The van der Waals surface area contributed by atoms with Gasteiger partial charge >= 0.3 is 5.97 Å². The van der Waals surface area contributed by atoms with Gasteiger partial charge in [0.25, 0.3) is 11.5 Å². The number of benzene rings is 1. The molecule has 10 nitrogen and oxygen atoms in total. The van der Waals surface area contributed by atoms with E-state index in [9.17, 15) is 19.5 Å². The van der Waals surface area contributed by atoms with Gasteiger partial charge in [-0.2, -0.15) is 0 Å². The zero-order valence-corrected chi connectivity index (χ0v) is 22.2. The fourth-order valence-corrected chi connectivity index (χ4v) is 8.15. The lowest BCUT2D eigenvalue weighted by Crippen LogP contribution is -2.58. The van der Waals surface area contributed by atoms with Gasteiger partial charge in [-0.3, -0.25) is 14.5 Å². The number of carbonyl (C=O) groups excluding carboxylic acids is 1. The molecule has 2 aliphatic carbocycles. The molecule has 1 amide bonds. The molecule has 4 unspecified atom stereocenters. The minimum atomic E-state index is -1.46. The number of carbonyl (C=O) groups is 2. The van der Waals surface area contributed by atoms with Crippen LogP contribution in [-0.4, -0.2) is 61.9 Å². The molecule has 10 heteroatoms. The average Bonchev–Trinajstić information content (AvgIpc) is 2.90. The molecule has 1 aromatic heterocycles. The quantitative estimate of drug-likeness (QED) is 0.410. The highest BCUT2D eigenvalue weighted by Gasteiger charge is 2.45. The van der Waals surface area contributed by atoms with Gasteiger partial charge in [-0.05, 0) is 68.9 Å². The van der Waals surface area contributed by atoms with Crippen LogP contribution < -0.4 is 11.3 Å². The maximum absolute atomic E-state index is 14.0. The van der Waals surface area contributed by atoms with Crippen molar-refractivity contribution in [2.75, 3.05) is 6.61 Å². The third kappa shape index (κ3) is 5.06. The summed E-state index contributed by atoms with van der Waals surface area (Å²) in [7, 11) is 0. The van der Waals surface area contributed by atoms with Gasteiger partial charge in [-0.1, -0.05) is 43.0 Å². The topological polar surface area (TPSA) is 140 Å². The highest BCUT2D eigenvalue weighted by molar-refractivity contribution is 6.41. The Morgan fingerprint density at radius 3 is 2.28 bits per heavy atom. The summed E-state index contributed by atoms with van der Waals surface area (Å²) < 4.78 is 1.75. The maximum Gasteiger partial charge on any atom is 0.360 e. The number of hydrogen-bond acceptors (Lipinski definition) is 7. The van der Waals surface area contributed by atoms with Gasteiger partial charge in [0, 0.05) is 24.2 Å². The first kappa shape index (κ1) is 26.0. The molecule has 2 saturated carbocycles. The number of aliphatic carboxylic acids is 1. The van der Waals surface area contributed by atoms with Crippen molar-refractivity contribution in [2.24, 2.45) is 22.7 Å². The number of nitrogens with zero attached hydrogens (tertiary/aromatic N) is 4. The number of primary amides is 1. The summed E-state index contributed by atoms with van der Waals surface area (Å²) in [6, 6.07) is 8.74. The van der Waals surface area contributed by atoms with E-state index in [1.165, 1.54) is 44.9 Å². The summed E-state index contributed by atoms with van der Waals surface area (Å²) in [5.74, 6) is -0.533. The fraction of sp³-hybridized carbons (Fsp3) is 0.621. The third-order valence-corrected chi connectivity index (χ3v) is 9.48. The molecule has 208 valence electrons. The number of fused-ring (bicyclic) bond motifs is 5. The second kappa shape index (κ2) is 10.7. The van der Waals surface area contributed by atoms with Gasteiger partial charge in [0.1, 0.15) is 0 Å². The molecule has 4 fully saturated rings. The Kier molecular flexibility index (Phi) is 7.14. The van der Waals surface area contributed by atoms with Gasteiger partial charge in [0.05, 0.1) is 11.0 Å². The van der Waals surface area contributed by atoms with Gasteiger partial charge in [0.15, 0.2) is 12.3 Å². The van der Waals surface area contributed by atoms with E-state index in [0.717, 1.165) is 37.5 Å². The molecule has 2 saturated heterocycles. The Morgan fingerprint density at radius 2 is 1.62 bits per heavy atom. The number of para-hydroxylation sites is 2. The van der Waals surface area contributed by atoms with Crippen LogP contribution in [0, 0.1) is 11.8 Å². The second-order valence-electron chi connectivity index (χ2n) is 11.9. The van der Waals surface area contributed by atoms with Crippen molar-refractivity contribution in [1.29, 1.82) is 0 Å². The molecule has 6 rings (SSSR count). The number of nitrogens with two attached hydrogens (primary N) is 1. The number of oxime groups is 1. The number of carboxylic acids is 1. The van der Waals surface area contributed by atoms with Gasteiger partial charge in [-0.25, -0.2) is 9.78 Å². The fourth-order valence-electron chi connectivity index (χ4n) is 8.15. The number of amides is 1. The smallest absolute Gasteiger partial charge is 0.360 e. The average molecular weight is 536 g/mol. The van der Waals surface area contributed by atoms with Crippen molar-refractivity contribution in [3.05, 3.63) is 40.3 Å². The highest BCUT2D eigenvalue weighted by Crippen LogP contribution is 2.47. The molecule has 3 heterocycles. The molecular weight excluding hydrogens is 498 g/mol. The lowest BCUT2D eigenvalue weighted by Gasteiger charge is -2.55. The molecule has 0 spiro atoms. The summed E-state index contributed by atoms with van der Waals surface area (Å²) in [6.45, 7) is -0.594. The Hall–Kier alpha value is -3.27. The van der Waals surface area contributed by atoms with Gasteiger partial charge < -0.3 is 20.2 Å². The summed E-state index contributed by atoms with van der Waals surface area (Å²) in [6.07, 6.45) is 13.3. The van der Waals surface area contributed by atoms with E-state index in [1.807, 2.05) is 18.2 Å². The molecule has 39 heavy (non-hydrogen) atoms. The monoisotopic (exact) mass is 535 g/mol. The minimum Gasteiger partial charge on any atom is -0.476 e. The number of aromatic nitrogens is 2. The van der Waals surface area contributed by atoms with Crippen molar-refractivity contribution in [1.82, 2.24) is 14.5 Å².